The van der Waals surface area contributed by atoms with Gasteiger partial charge < -0.3 is 77.0 Å². The van der Waals surface area contributed by atoms with Crippen LogP contribution in [0.2, 0.25) is 0 Å². The third-order valence-electron chi connectivity index (χ3n) is 9.17. The first-order chi connectivity index (χ1) is 30.1. The van der Waals surface area contributed by atoms with Gasteiger partial charge in [-0.3, -0.25) is 33.7 Å². The number of carbonyl (C=O) groups is 6. The van der Waals surface area contributed by atoms with Gasteiger partial charge in [0.2, 0.25) is 11.8 Å². The third kappa shape index (κ3) is 14.9. The molecule has 358 valence electrons. The second kappa shape index (κ2) is 28.7. The van der Waals surface area contributed by atoms with Crippen LogP contribution in [0.25, 0.3) is 0 Å². The van der Waals surface area contributed by atoms with Crippen molar-refractivity contribution < 1.29 is 74.7 Å². The predicted octanol–water partition coefficient (Wildman–Crippen LogP) is -2.43. The zero-order chi connectivity index (χ0) is 48.7. The maximum atomic E-state index is 14.2. The van der Waals surface area contributed by atoms with E-state index < -0.39 is 106 Å². The maximum absolute atomic E-state index is 14.2. The van der Waals surface area contributed by atoms with Crippen molar-refractivity contribution in [2.75, 3.05) is 103 Å². The molecule has 0 saturated carbocycles. The van der Waals surface area contributed by atoms with E-state index in [9.17, 15) is 74.7 Å². The van der Waals surface area contributed by atoms with Crippen molar-refractivity contribution in [1.29, 1.82) is 0 Å². The lowest BCUT2D eigenvalue weighted by molar-refractivity contribution is -0.122. The van der Waals surface area contributed by atoms with E-state index in [2.05, 4.69) is 21.3 Å². The van der Waals surface area contributed by atoms with Crippen LogP contribution < -0.4 is 31.1 Å². The summed E-state index contributed by atoms with van der Waals surface area (Å²) in [5.41, 5.74) is -0.160. The van der Waals surface area contributed by atoms with Gasteiger partial charge in [-0.15, -0.1) is 0 Å². The molecule has 0 aliphatic carbocycles. The topological polar surface area (TPSA) is 342 Å². The Hall–Kier alpha value is -0.760. The Morgan fingerprint density at radius 3 is 1.06 bits per heavy atom. The molecule has 4 unspecified atom stereocenters. The molecule has 0 aromatic heterocycles. The van der Waals surface area contributed by atoms with Gasteiger partial charge >= 0.3 is 0 Å². The molecule has 22 nitrogen and oxygen atoms in total. The van der Waals surface area contributed by atoms with Crippen LogP contribution in [-0.4, -0.2) is 204 Å². The lowest BCUT2D eigenvalue weighted by atomic mass is 10.0. The fourth-order valence-corrected chi connectivity index (χ4v) is 15.4. The molecule has 0 heterocycles. The van der Waals surface area contributed by atoms with E-state index in [1.807, 2.05) is 67.8 Å². The molecule has 28 heteroatoms. The van der Waals surface area contributed by atoms with Gasteiger partial charge in [-0.05, 0) is 136 Å². The summed E-state index contributed by atoms with van der Waals surface area (Å²) >= 11 is 10.8. The Balaban J connectivity index is 2.71. The van der Waals surface area contributed by atoms with Crippen LogP contribution >= 0.6 is 136 Å². The number of hydrogen-bond acceptors (Lipinski definition) is 16. The largest absolute Gasteiger partial charge is 0.395 e. The highest BCUT2D eigenvalue weighted by Crippen LogP contribution is 2.39. The van der Waals surface area contributed by atoms with Crippen molar-refractivity contribution in [3.63, 3.8) is 0 Å². The second-order valence-corrected chi connectivity index (χ2v) is 19.9. The van der Waals surface area contributed by atoms with Crippen molar-refractivity contribution >= 4 is 182 Å². The van der Waals surface area contributed by atoms with Crippen LogP contribution in [0.1, 0.15) is 41.4 Å². The fourth-order valence-electron chi connectivity index (χ4n) is 5.67. The van der Waals surface area contributed by atoms with Gasteiger partial charge in [-0.25, -0.2) is 0 Å². The first-order valence-corrected chi connectivity index (χ1v) is 25.1. The fraction of sp³-hybridized carbons (Fsp3) is 0.500. The smallest absolute Gasteiger partial charge is 0.253 e. The Morgan fingerprint density at radius 1 is 0.484 bits per heavy atom. The maximum Gasteiger partial charge on any atom is 0.253 e. The van der Waals surface area contributed by atoms with Crippen LogP contribution in [0.4, 0.5) is 11.4 Å². The number of rotatable bonds is 24. The number of carbonyl (C=O) groups excluding carboxylic acids is 6. The summed E-state index contributed by atoms with van der Waals surface area (Å²) in [6, 6.07) is -2.72. The molecule has 2 aromatic rings. The van der Waals surface area contributed by atoms with E-state index in [0.717, 1.165) is 4.90 Å². The molecule has 6 amide bonds. The van der Waals surface area contributed by atoms with Gasteiger partial charge in [0.1, 0.15) is 0 Å². The average Bonchev–Trinajstić information content (AvgIpc) is 3.24. The highest BCUT2D eigenvalue weighted by atomic mass is 127. The van der Waals surface area contributed by atoms with Crippen molar-refractivity contribution in [3.05, 3.63) is 43.7 Å². The number of nitrogens with zero attached hydrogens (tertiary/aromatic N) is 3. The van der Waals surface area contributed by atoms with Gasteiger partial charge in [0.25, 0.3) is 23.6 Å². The van der Waals surface area contributed by atoms with Crippen LogP contribution in [0, 0.1) is 21.4 Å². The predicted molar refractivity (Wildman–Crippen MR) is 281 cm³/mol. The van der Waals surface area contributed by atoms with E-state index in [1.54, 1.807) is 67.8 Å². The number of hydrogen-bond donors (Lipinski definition) is 13. The van der Waals surface area contributed by atoms with E-state index in [1.165, 1.54) is 23.9 Å². The van der Waals surface area contributed by atoms with Crippen molar-refractivity contribution in [3.8, 4) is 0 Å². The number of aliphatic hydroxyl groups is 9. The van der Waals surface area contributed by atoms with Crippen molar-refractivity contribution in [2.24, 2.45) is 0 Å². The first-order valence-electron chi connectivity index (χ1n) is 18.6. The molecule has 0 radical (unpaired) electrons. The van der Waals surface area contributed by atoms with Crippen LogP contribution in [0.3, 0.4) is 0 Å². The number of likely N-dealkylation sites (N-methyl/N-ethyl adjacent to an activating group) is 2. The van der Waals surface area contributed by atoms with Crippen molar-refractivity contribution in [1.82, 2.24) is 26.2 Å². The summed E-state index contributed by atoms with van der Waals surface area (Å²) in [6.45, 7) is -5.94. The minimum Gasteiger partial charge on any atom is -0.395 e. The molecule has 0 bridgehead atoms. The van der Waals surface area contributed by atoms with Crippen LogP contribution in [0.5, 0.6) is 0 Å². The summed E-state index contributed by atoms with van der Waals surface area (Å²) in [5.74, 6) is -4.49. The molecule has 0 saturated heterocycles. The third-order valence-corrected chi connectivity index (χ3v) is 15.5. The minimum atomic E-state index is -1.58. The zero-order valence-corrected chi connectivity index (χ0v) is 46.8. The Labute approximate surface area is 448 Å². The number of amides is 6. The molecule has 2 rings (SSSR count). The van der Waals surface area contributed by atoms with E-state index in [0.29, 0.717) is 0 Å². The summed E-state index contributed by atoms with van der Waals surface area (Å²) in [4.78, 5) is 86.3. The summed E-state index contributed by atoms with van der Waals surface area (Å²) < 4.78 is 1.00. The summed E-state index contributed by atoms with van der Waals surface area (Å²) in [6.07, 6.45) is -3.17. The van der Waals surface area contributed by atoms with Gasteiger partial charge in [-0.2, -0.15) is 0 Å². The second-order valence-electron chi connectivity index (χ2n) is 13.4. The Kier molecular flexibility index (Phi) is 26.6. The number of nitrogens with one attached hydrogen (secondary N) is 4. The highest BCUT2D eigenvalue weighted by molar-refractivity contribution is 14.1. The van der Waals surface area contributed by atoms with Gasteiger partial charge in [0.05, 0.1) is 132 Å². The Bertz CT molecular complexity index is 1930. The van der Waals surface area contributed by atoms with Gasteiger partial charge in [0, 0.05) is 40.9 Å². The van der Waals surface area contributed by atoms with Crippen molar-refractivity contribution in [2.45, 2.75) is 24.3 Å². The SMILES string of the molecule is CN(C(=O)CN(CCO)CC(=O)N(C)c1c(I)c(C(=O)NC(CO)C(O)CO)c(I)c(C(=O)NC(CO)C(O)CO)c1I)c1c(I)c(C(=O)NCCO)c(I)c(C(=O)NCCO)c1I. The van der Waals surface area contributed by atoms with Crippen LogP contribution in [-0.2, 0) is 9.59 Å². The summed E-state index contributed by atoms with van der Waals surface area (Å²) in [5, 5.41) is 97.7. The van der Waals surface area contributed by atoms with E-state index in [4.69, 9.17) is 0 Å². The molecule has 0 fully saturated rings. The normalized spacial score (nSPS) is 13.2. The first kappa shape index (κ1) is 59.4. The zero-order valence-electron chi connectivity index (χ0n) is 33.9. The molecule has 64 heavy (non-hydrogen) atoms. The lowest BCUT2D eigenvalue weighted by Gasteiger charge is -2.30. The molecule has 0 spiro atoms. The minimum absolute atomic E-state index is 0.00261. The van der Waals surface area contributed by atoms with E-state index in [-0.39, 0.29) is 87.9 Å². The molecule has 13 N–H and O–H groups in total. The highest BCUT2D eigenvalue weighted by Gasteiger charge is 2.35. The number of anilines is 2. The van der Waals surface area contributed by atoms with Gasteiger partial charge in [-0.1, -0.05) is 0 Å². The number of aliphatic hydroxyl groups excluding tert-OH is 9. The molecule has 0 aliphatic rings. The lowest BCUT2D eigenvalue weighted by Crippen LogP contribution is -2.49. The Morgan fingerprint density at radius 2 is 0.797 bits per heavy atom. The van der Waals surface area contributed by atoms with Gasteiger partial charge in [0.15, 0.2) is 0 Å². The molecule has 0 aliphatic heterocycles. The molecular formula is C36H47I6N7O15. The monoisotopic (exact) mass is 1580 g/mol. The quantitative estimate of drug-likeness (QED) is 0.0486. The average molecular weight is 1580 g/mol. The molecule has 4 atom stereocenters. The molecular weight excluding hydrogens is 1530 g/mol. The van der Waals surface area contributed by atoms with E-state index >= 15 is 0 Å². The van der Waals surface area contributed by atoms with Crippen LogP contribution in [0.15, 0.2) is 0 Å². The summed E-state index contributed by atoms with van der Waals surface area (Å²) in [7, 11) is 2.71. The molecule has 2 aromatic carbocycles. The number of benzene rings is 2. The standard InChI is InChI=1S/C36H47I6N7O15/c1-47(31-27(39)21(33(61)43-3-6-50)25(37)22(28(31)40)34(62)44-4-7-51)19(59)9-49(5-8-52)10-20(60)48(2)32-29(41)23(35(63)45-15(11-53)17(57)13-55)26(38)24(30(32)42)36(64)46-16(12-54)18(58)14-56/h15-18,50-58H,3-14H2,1-2H3,(H,43,61)(H,44,62)(H,45,63)(H,46,64). The number of halogens is 6.